The first-order valence-corrected chi connectivity index (χ1v) is 13.4. The van der Waals surface area contributed by atoms with E-state index < -0.39 is 0 Å². The Morgan fingerprint density at radius 3 is 2.49 bits per heavy atom. The second kappa shape index (κ2) is 8.79. The van der Waals surface area contributed by atoms with Gasteiger partial charge in [0.05, 0.1) is 9.89 Å². The van der Waals surface area contributed by atoms with E-state index >= 15 is 0 Å². The molecule has 3 aliphatic rings. The molecule has 3 fully saturated rings. The number of ketones is 1. The first kappa shape index (κ1) is 24.6. The van der Waals surface area contributed by atoms with Crippen LogP contribution in [0.5, 0.6) is 0 Å². The average molecular weight is 546 g/mol. The van der Waals surface area contributed by atoms with E-state index in [2.05, 4.69) is 41.9 Å². The number of hydrogen-bond acceptors (Lipinski definition) is 5. The van der Waals surface area contributed by atoms with Crippen molar-refractivity contribution >= 4 is 33.3 Å². The van der Waals surface area contributed by atoms with Crippen molar-refractivity contribution in [3.63, 3.8) is 0 Å². The summed E-state index contributed by atoms with van der Waals surface area (Å²) in [4.78, 5) is 32.2. The molecule has 5 rings (SSSR count). The molecule has 6 nitrogen and oxygen atoms in total. The van der Waals surface area contributed by atoms with Crippen molar-refractivity contribution in [2.45, 2.75) is 89.4 Å². The van der Waals surface area contributed by atoms with Gasteiger partial charge < -0.3 is 9.42 Å². The number of aromatic nitrogens is 2. The van der Waals surface area contributed by atoms with Crippen LogP contribution in [-0.2, 0) is 20.4 Å². The molecule has 8 heteroatoms. The fourth-order valence-electron chi connectivity index (χ4n) is 6.27. The fraction of sp³-hybridized carbons (Fsp3) is 0.630. The number of anilines is 1. The highest BCUT2D eigenvalue weighted by molar-refractivity contribution is 9.10. The number of hydrogen-bond donors (Lipinski definition) is 0. The molecule has 2 bridgehead atoms. The van der Waals surface area contributed by atoms with Crippen molar-refractivity contribution in [1.29, 1.82) is 0 Å². The number of nitrogens with zero attached hydrogens (tertiary/aromatic N) is 3. The van der Waals surface area contributed by atoms with Gasteiger partial charge in [-0.05, 0) is 84.5 Å². The normalized spacial score (nSPS) is 26.9. The maximum atomic E-state index is 14.0. The third-order valence-corrected chi connectivity index (χ3v) is 9.01. The van der Waals surface area contributed by atoms with Gasteiger partial charge in [0, 0.05) is 36.4 Å². The summed E-state index contributed by atoms with van der Waals surface area (Å²) in [7, 11) is 0. The molecule has 0 aliphatic heterocycles. The van der Waals surface area contributed by atoms with Crippen LogP contribution in [0, 0.1) is 17.2 Å². The SMILES string of the molecule is CC(C)(C)c1noc(C23CCC(CN(C(=O)C4CCC(=O)CC4)c4ccc(F)c(Br)c4)(CC2)C3)n1. The minimum absolute atomic E-state index is 0.0441. The second-order valence-corrected chi connectivity index (χ2v) is 12.8. The summed E-state index contributed by atoms with van der Waals surface area (Å²) in [5.41, 5.74) is 0.350. The molecule has 0 atom stereocenters. The van der Waals surface area contributed by atoms with E-state index in [1.165, 1.54) is 6.07 Å². The third-order valence-electron chi connectivity index (χ3n) is 8.40. The van der Waals surface area contributed by atoms with Crippen molar-refractivity contribution in [2.75, 3.05) is 11.4 Å². The Labute approximate surface area is 214 Å². The molecule has 3 aliphatic carbocycles. The second-order valence-electron chi connectivity index (χ2n) is 12.0. The summed E-state index contributed by atoms with van der Waals surface area (Å²) in [5.74, 6) is 1.21. The van der Waals surface area contributed by atoms with E-state index in [0.29, 0.717) is 42.4 Å². The van der Waals surface area contributed by atoms with E-state index in [9.17, 15) is 14.0 Å². The summed E-state index contributed by atoms with van der Waals surface area (Å²) >= 11 is 3.29. The molecule has 1 heterocycles. The standard InChI is InChI=1S/C27H33BrFN3O3/c1-25(2,3)23-30-24(35-31-23)27-12-10-26(15-27,11-13-27)16-32(18-6-9-21(29)20(28)14-18)22(34)17-4-7-19(33)8-5-17/h6,9,14,17H,4-5,7-8,10-13,15-16H2,1-3H3. The van der Waals surface area contributed by atoms with Crippen molar-refractivity contribution in [3.8, 4) is 0 Å². The highest BCUT2D eigenvalue weighted by Crippen LogP contribution is 2.62. The van der Waals surface area contributed by atoms with Gasteiger partial charge in [0.25, 0.3) is 0 Å². The number of Topliss-reactive ketones (excluding diaryl/α,β-unsaturated/α-hetero) is 1. The zero-order valence-electron chi connectivity index (χ0n) is 20.7. The lowest BCUT2D eigenvalue weighted by Gasteiger charge is -2.36. The average Bonchev–Trinajstić information content (AvgIpc) is 3.54. The molecule has 3 saturated carbocycles. The van der Waals surface area contributed by atoms with Crippen molar-refractivity contribution in [1.82, 2.24) is 10.1 Å². The van der Waals surface area contributed by atoms with Crippen LogP contribution in [0.4, 0.5) is 10.1 Å². The van der Waals surface area contributed by atoms with Crippen LogP contribution in [-0.4, -0.2) is 28.4 Å². The van der Waals surface area contributed by atoms with E-state index in [1.807, 2.05) is 4.90 Å². The molecule has 0 radical (unpaired) electrons. The topological polar surface area (TPSA) is 76.3 Å². The van der Waals surface area contributed by atoms with Gasteiger partial charge in [0.2, 0.25) is 11.8 Å². The van der Waals surface area contributed by atoms with Crippen LogP contribution < -0.4 is 4.90 Å². The van der Waals surface area contributed by atoms with Crippen LogP contribution in [0.25, 0.3) is 0 Å². The van der Waals surface area contributed by atoms with Gasteiger partial charge >= 0.3 is 0 Å². The minimum Gasteiger partial charge on any atom is -0.339 e. The van der Waals surface area contributed by atoms with Crippen LogP contribution in [0.3, 0.4) is 0 Å². The maximum Gasteiger partial charge on any atom is 0.232 e. The largest absolute Gasteiger partial charge is 0.339 e. The van der Waals surface area contributed by atoms with Crippen LogP contribution >= 0.6 is 15.9 Å². The van der Waals surface area contributed by atoms with Gasteiger partial charge in [-0.1, -0.05) is 25.9 Å². The third kappa shape index (κ3) is 4.58. The number of carbonyl (C=O) groups is 2. The van der Waals surface area contributed by atoms with Gasteiger partial charge in [-0.2, -0.15) is 4.98 Å². The zero-order valence-corrected chi connectivity index (χ0v) is 22.3. The summed E-state index contributed by atoms with van der Waals surface area (Å²) < 4.78 is 20.2. The Morgan fingerprint density at radius 2 is 1.89 bits per heavy atom. The Balaban J connectivity index is 1.41. The molecular formula is C27H33BrFN3O3. The molecule has 0 spiro atoms. The number of carbonyl (C=O) groups excluding carboxylic acids is 2. The Hall–Kier alpha value is -2.09. The summed E-state index contributed by atoms with van der Waals surface area (Å²) in [6.07, 6.45) is 6.89. The number of benzene rings is 1. The molecule has 0 saturated heterocycles. The highest BCUT2D eigenvalue weighted by Gasteiger charge is 2.58. The van der Waals surface area contributed by atoms with Crippen molar-refractivity contribution in [2.24, 2.45) is 11.3 Å². The monoisotopic (exact) mass is 545 g/mol. The first-order valence-electron chi connectivity index (χ1n) is 12.6. The van der Waals surface area contributed by atoms with Gasteiger partial charge in [-0.3, -0.25) is 9.59 Å². The molecule has 1 aromatic heterocycles. The van der Waals surface area contributed by atoms with E-state index in [0.717, 1.165) is 43.8 Å². The molecule has 1 amide bonds. The van der Waals surface area contributed by atoms with Crippen molar-refractivity contribution < 1.29 is 18.5 Å². The summed E-state index contributed by atoms with van der Waals surface area (Å²) in [5, 5.41) is 4.27. The van der Waals surface area contributed by atoms with Crippen LogP contribution in [0.2, 0.25) is 0 Å². The maximum absolute atomic E-state index is 14.0. The molecule has 1 aromatic carbocycles. The van der Waals surface area contributed by atoms with Crippen LogP contribution in [0.1, 0.15) is 90.3 Å². The predicted molar refractivity (Wildman–Crippen MR) is 134 cm³/mol. The van der Waals surface area contributed by atoms with Crippen LogP contribution in [0.15, 0.2) is 27.2 Å². The van der Waals surface area contributed by atoms with Gasteiger partial charge in [-0.25, -0.2) is 4.39 Å². The molecule has 188 valence electrons. The lowest BCUT2D eigenvalue weighted by atomic mass is 9.81. The molecular weight excluding hydrogens is 513 g/mol. The molecule has 35 heavy (non-hydrogen) atoms. The van der Waals surface area contributed by atoms with Gasteiger partial charge in [0.1, 0.15) is 11.6 Å². The van der Waals surface area contributed by atoms with Gasteiger partial charge in [-0.15, -0.1) is 0 Å². The number of halogens is 2. The highest BCUT2D eigenvalue weighted by atomic mass is 79.9. The lowest BCUT2D eigenvalue weighted by molar-refractivity contribution is -0.126. The lowest BCUT2D eigenvalue weighted by Crippen LogP contribution is -2.43. The summed E-state index contributed by atoms with van der Waals surface area (Å²) in [6.45, 7) is 6.82. The Bertz CT molecular complexity index is 1140. The number of amides is 1. The minimum atomic E-state index is -0.352. The fourth-order valence-corrected chi connectivity index (χ4v) is 6.64. The van der Waals surface area contributed by atoms with Gasteiger partial charge in [0.15, 0.2) is 5.82 Å². The number of rotatable bonds is 5. The summed E-state index contributed by atoms with van der Waals surface area (Å²) in [6, 6.07) is 4.79. The molecule has 0 unspecified atom stereocenters. The quantitative estimate of drug-likeness (QED) is 0.442. The van der Waals surface area contributed by atoms with E-state index in [4.69, 9.17) is 9.51 Å². The Morgan fingerprint density at radius 1 is 1.20 bits per heavy atom. The van der Waals surface area contributed by atoms with E-state index in [1.54, 1.807) is 12.1 Å². The van der Waals surface area contributed by atoms with E-state index in [-0.39, 0.29) is 39.7 Å². The smallest absolute Gasteiger partial charge is 0.232 e. The number of fused-ring (bicyclic) bond motifs is 2. The van der Waals surface area contributed by atoms with Crippen molar-refractivity contribution in [3.05, 3.63) is 40.2 Å². The zero-order chi connectivity index (χ0) is 25.0. The Kier molecular flexibility index (Phi) is 6.17. The molecule has 2 aromatic rings. The predicted octanol–water partition coefficient (Wildman–Crippen LogP) is 6.26. The molecule has 0 N–H and O–H groups in total. The first-order chi connectivity index (χ1) is 16.5.